The molecule has 1 N–H and O–H groups in total. The van der Waals surface area contributed by atoms with Crippen LogP contribution in [-0.2, 0) is 0 Å². The Labute approximate surface area is 123 Å². The van der Waals surface area contributed by atoms with Crippen LogP contribution >= 0.6 is 0 Å². The van der Waals surface area contributed by atoms with E-state index in [1.54, 1.807) is 0 Å². The zero-order valence-electron chi connectivity index (χ0n) is 13.0. The number of hydrogen-bond donors (Lipinski definition) is 1. The minimum Gasteiger partial charge on any atom is -0.317 e. The molecule has 2 heteroatoms. The van der Waals surface area contributed by atoms with Crippen molar-refractivity contribution in [1.29, 1.82) is 0 Å². The molecule has 1 aliphatic rings. The molecule has 110 valence electrons. The highest BCUT2D eigenvalue weighted by Gasteiger charge is 2.38. The number of Topliss-reactive ketones (excluding diaryl/α,β-unsaturated/α-hetero) is 1. The van der Waals surface area contributed by atoms with Crippen LogP contribution in [0.15, 0.2) is 24.3 Å². The Morgan fingerprint density at radius 3 is 2.30 bits per heavy atom. The first-order valence-electron chi connectivity index (χ1n) is 7.94. The second-order valence-electron chi connectivity index (χ2n) is 6.39. The van der Waals surface area contributed by atoms with E-state index < -0.39 is 0 Å². The van der Waals surface area contributed by atoms with Crippen LogP contribution in [0, 0.1) is 5.41 Å². The molecule has 20 heavy (non-hydrogen) atoms. The first kappa shape index (κ1) is 15.2. The van der Waals surface area contributed by atoms with E-state index in [9.17, 15) is 4.79 Å². The Morgan fingerprint density at radius 1 is 1.20 bits per heavy atom. The summed E-state index contributed by atoms with van der Waals surface area (Å²) >= 11 is 0. The van der Waals surface area contributed by atoms with Gasteiger partial charge in [0.15, 0.2) is 5.78 Å². The molecule has 1 fully saturated rings. The summed E-state index contributed by atoms with van der Waals surface area (Å²) in [6, 6.07) is 8.27. The molecule has 0 atom stereocenters. The van der Waals surface area contributed by atoms with Crippen molar-refractivity contribution in [3.8, 4) is 0 Å². The zero-order valence-corrected chi connectivity index (χ0v) is 13.0. The summed E-state index contributed by atoms with van der Waals surface area (Å²) in [4.78, 5) is 13.0. The summed E-state index contributed by atoms with van der Waals surface area (Å²) in [6.45, 7) is 8.48. The van der Waals surface area contributed by atoms with Crippen molar-refractivity contribution in [3.63, 3.8) is 0 Å². The molecule has 1 aromatic carbocycles. The predicted molar refractivity (Wildman–Crippen MR) is 84.3 cm³/mol. The number of hydrogen-bond acceptors (Lipinski definition) is 2. The highest BCUT2D eigenvalue weighted by Crippen LogP contribution is 2.37. The van der Waals surface area contributed by atoms with Gasteiger partial charge in [0.2, 0.25) is 0 Å². The fraction of sp³-hybridized carbons (Fsp3) is 0.611. The Bertz CT molecular complexity index is 435. The Morgan fingerprint density at radius 2 is 1.80 bits per heavy atom. The summed E-state index contributed by atoms with van der Waals surface area (Å²) in [5.41, 5.74) is 2.07. The van der Waals surface area contributed by atoms with Gasteiger partial charge >= 0.3 is 0 Å². The lowest BCUT2D eigenvalue weighted by molar-refractivity contribution is 0.0704. The average molecular weight is 273 g/mol. The monoisotopic (exact) mass is 273 g/mol. The van der Waals surface area contributed by atoms with Gasteiger partial charge in [0.25, 0.3) is 0 Å². The Hall–Kier alpha value is -1.15. The van der Waals surface area contributed by atoms with Gasteiger partial charge in [-0.05, 0) is 43.8 Å². The molecule has 1 saturated heterocycles. The lowest BCUT2D eigenvalue weighted by Crippen LogP contribution is -2.42. The van der Waals surface area contributed by atoms with Crippen molar-refractivity contribution in [2.45, 2.75) is 52.4 Å². The molecule has 0 amide bonds. The van der Waals surface area contributed by atoms with Crippen LogP contribution in [0.1, 0.15) is 68.3 Å². The van der Waals surface area contributed by atoms with Crippen LogP contribution < -0.4 is 5.32 Å². The van der Waals surface area contributed by atoms with Gasteiger partial charge in [-0.25, -0.2) is 0 Å². The van der Waals surface area contributed by atoms with Gasteiger partial charge in [0, 0.05) is 11.0 Å². The van der Waals surface area contributed by atoms with E-state index in [2.05, 4.69) is 38.2 Å². The van der Waals surface area contributed by atoms with Crippen LogP contribution in [0.2, 0.25) is 0 Å². The van der Waals surface area contributed by atoms with Crippen LogP contribution in [0.5, 0.6) is 0 Å². The van der Waals surface area contributed by atoms with E-state index in [0.29, 0.717) is 11.7 Å². The quantitative estimate of drug-likeness (QED) is 0.816. The van der Waals surface area contributed by atoms with E-state index in [4.69, 9.17) is 0 Å². The van der Waals surface area contributed by atoms with E-state index in [1.165, 1.54) is 5.56 Å². The maximum atomic E-state index is 13.0. The lowest BCUT2D eigenvalue weighted by atomic mass is 9.70. The Kier molecular flexibility index (Phi) is 4.98. The third-order valence-corrected chi connectivity index (χ3v) is 4.61. The first-order valence-corrected chi connectivity index (χ1v) is 7.94. The number of carbonyl (C=O) groups excluding carboxylic acids is 1. The van der Waals surface area contributed by atoms with E-state index >= 15 is 0 Å². The lowest BCUT2D eigenvalue weighted by Gasteiger charge is -2.36. The zero-order chi connectivity index (χ0) is 14.6. The van der Waals surface area contributed by atoms with Crippen molar-refractivity contribution in [3.05, 3.63) is 35.4 Å². The molecule has 2 nitrogen and oxygen atoms in total. The molecule has 0 saturated carbocycles. The number of benzene rings is 1. The fourth-order valence-corrected chi connectivity index (χ4v) is 3.30. The minimum absolute atomic E-state index is 0.126. The van der Waals surface area contributed by atoms with Gasteiger partial charge in [-0.1, -0.05) is 51.5 Å². The first-order chi connectivity index (χ1) is 9.59. The van der Waals surface area contributed by atoms with Gasteiger partial charge < -0.3 is 5.32 Å². The van der Waals surface area contributed by atoms with E-state index in [-0.39, 0.29) is 5.41 Å². The summed E-state index contributed by atoms with van der Waals surface area (Å²) in [7, 11) is 0. The highest BCUT2D eigenvalue weighted by molar-refractivity contribution is 6.00. The van der Waals surface area contributed by atoms with E-state index in [1.807, 2.05) is 12.1 Å². The number of rotatable bonds is 5. The SMILES string of the molecule is CCCC1(C(=O)c2ccc(C(C)C)cc2)CCNCC1. The highest BCUT2D eigenvalue weighted by atomic mass is 16.1. The van der Waals surface area contributed by atoms with Gasteiger partial charge in [-0.15, -0.1) is 0 Å². The van der Waals surface area contributed by atoms with Gasteiger partial charge in [-0.2, -0.15) is 0 Å². The number of nitrogens with one attached hydrogen (secondary N) is 1. The molecule has 0 bridgehead atoms. The summed E-state index contributed by atoms with van der Waals surface area (Å²) in [5, 5.41) is 3.38. The molecular weight excluding hydrogens is 246 g/mol. The maximum absolute atomic E-state index is 13.0. The molecule has 1 aromatic rings. The smallest absolute Gasteiger partial charge is 0.169 e. The van der Waals surface area contributed by atoms with Gasteiger partial charge in [-0.3, -0.25) is 4.79 Å². The summed E-state index contributed by atoms with van der Waals surface area (Å²) < 4.78 is 0. The third kappa shape index (κ3) is 3.12. The molecule has 0 aromatic heterocycles. The molecule has 1 heterocycles. The summed E-state index contributed by atoms with van der Waals surface area (Å²) in [5.74, 6) is 0.874. The Balaban J connectivity index is 2.22. The molecule has 0 aliphatic carbocycles. The van der Waals surface area contributed by atoms with Crippen LogP contribution in [0.4, 0.5) is 0 Å². The summed E-state index contributed by atoms with van der Waals surface area (Å²) in [6.07, 6.45) is 4.05. The van der Waals surface area contributed by atoms with Crippen LogP contribution in [0.25, 0.3) is 0 Å². The molecule has 0 unspecified atom stereocenters. The van der Waals surface area contributed by atoms with Gasteiger partial charge in [0.05, 0.1) is 0 Å². The third-order valence-electron chi connectivity index (χ3n) is 4.61. The molecule has 0 radical (unpaired) electrons. The molecule has 2 rings (SSSR count). The van der Waals surface area contributed by atoms with Crippen molar-refractivity contribution in [1.82, 2.24) is 5.32 Å². The number of carbonyl (C=O) groups is 1. The normalized spacial score (nSPS) is 18.2. The van der Waals surface area contributed by atoms with Crippen molar-refractivity contribution in [2.75, 3.05) is 13.1 Å². The fourth-order valence-electron chi connectivity index (χ4n) is 3.30. The van der Waals surface area contributed by atoms with Gasteiger partial charge in [0.1, 0.15) is 0 Å². The van der Waals surface area contributed by atoms with Crippen LogP contribution in [-0.4, -0.2) is 18.9 Å². The van der Waals surface area contributed by atoms with E-state index in [0.717, 1.165) is 44.3 Å². The minimum atomic E-state index is -0.126. The number of ketones is 1. The second kappa shape index (κ2) is 6.53. The topological polar surface area (TPSA) is 29.1 Å². The largest absolute Gasteiger partial charge is 0.317 e. The standard InChI is InChI=1S/C18H27NO/c1-4-9-18(10-12-19-13-11-18)17(20)16-7-5-15(6-8-16)14(2)3/h5-8,14,19H,4,9-13H2,1-3H3. The number of piperidine rings is 1. The molecular formula is C18H27NO. The van der Waals surface area contributed by atoms with Crippen molar-refractivity contribution < 1.29 is 4.79 Å². The second-order valence-corrected chi connectivity index (χ2v) is 6.39. The van der Waals surface area contributed by atoms with Crippen LogP contribution in [0.3, 0.4) is 0 Å². The maximum Gasteiger partial charge on any atom is 0.169 e. The predicted octanol–water partition coefficient (Wildman–Crippen LogP) is 4.16. The average Bonchev–Trinajstić information content (AvgIpc) is 2.48. The molecule has 0 spiro atoms. The van der Waals surface area contributed by atoms with Crippen molar-refractivity contribution in [2.24, 2.45) is 5.41 Å². The van der Waals surface area contributed by atoms with Crippen molar-refractivity contribution >= 4 is 5.78 Å². The molecule has 1 aliphatic heterocycles.